The standard InChI is InChI=1S/C20H30N4O2/c1-15(2)23-11-13-24(14-12-23)18(25)20(9-4-10-20)16-5-7-17(8-6-16)22-19(26)21-3/h5-8,15H,4,9-14H2,1-3H3,(H2,21,22,26). The molecule has 6 heteroatoms. The van der Waals surface area contributed by atoms with Gasteiger partial charge in [-0.05, 0) is 44.4 Å². The number of amides is 3. The van der Waals surface area contributed by atoms with E-state index in [9.17, 15) is 9.59 Å². The molecule has 2 N–H and O–H groups in total. The highest BCUT2D eigenvalue weighted by atomic mass is 16.2. The van der Waals surface area contributed by atoms with Crippen molar-refractivity contribution >= 4 is 17.6 Å². The lowest BCUT2D eigenvalue weighted by atomic mass is 9.63. The normalized spacial score (nSPS) is 19.8. The topological polar surface area (TPSA) is 64.7 Å². The van der Waals surface area contributed by atoms with Crippen LogP contribution in [0, 0.1) is 0 Å². The summed E-state index contributed by atoms with van der Waals surface area (Å²) < 4.78 is 0. The highest BCUT2D eigenvalue weighted by Crippen LogP contribution is 2.45. The maximum Gasteiger partial charge on any atom is 0.318 e. The molecule has 0 unspecified atom stereocenters. The average Bonchev–Trinajstić information content (AvgIpc) is 2.62. The zero-order valence-corrected chi connectivity index (χ0v) is 16.0. The highest BCUT2D eigenvalue weighted by Gasteiger charge is 2.48. The van der Waals surface area contributed by atoms with Crippen molar-refractivity contribution in [3.05, 3.63) is 29.8 Å². The van der Waals surface area contributed by atoms with Crippen LogP contribution in [0.15, 0.2) is 24.3 Å². The van der Waals surface area contributed by atoms with Crippen molar-refractivity contribution in [3.8, 4) is 0 Å². The predicted octanol–water partition coefficient (Wildman–Crippen LogP) is 2.41. The SMILES string of the molecule is CNC(=O)Nc1ccc(C2(C(=O)N3CCN(C(C)C)CC3)CCC2)cc1. The van der Waals surface area contributed by atoms with Crippen LogP contribution in [0.25, 0.3) is 0 Å². The van der Waals surface area contributed by atoms with Gasteiger partial charge in [0.25, 0.3) is 0 Å². The van der Waals surface area contributed by atoms with Crippen molar-refractivity contribution in [3.63, 3.8) is 0 Å². The average molecular weight is 358 g/mol. The molecule has 0 radical (unpaired) electrons. The maximum atomic E-state index is 13.3. The molecular formula is C20H30N4O2. The van der Waals surface area contributed by atoms with Crippen LogP contribution in [0.3, 0.4) is 0 Å². The third kappa shape index (κ3) is 3.56. The van der Waals surface area contributed by atoms with Gasteiger partial charge in [-0.25, -0.2) is 4.79 Å². The molecule has 142 valence electrons. The number of carbonyl (C=O) groups is 2. The molecule has 1 aliphatic carbocycles. The zero-order valence-electron chi connectivity index (χ0n) is 16.0. The van der Waals surface area contributed by atoms with Crippen molar-refractivity contribution in [2.24, 2.45) is 0 Å². The zero-order chi connectivity index (χ0) is 18.7. The Morgan fingerprint density at radius 2 is 1.65 bits per heavy atom. The Morgan fingerprint density at radius 1 is 1.04 bits per heavy atom. The van der Waals surface area contributed by atoms with Gasteiger partial charge < -0.3 is 15.5 Å². The largest absolute Gasteiger partial charge is 0.341 e. The number of urea groups is 1. The molecule has 2 aliphatic rings. The Hall–Kier alpha value is -2.08. The van der Waals surface area contributed by atoms with Gasteiger partial charge in [0.1, 0.15) is 0 Å². The smallest absolute Gasteiger partial charge is 0.318 e. The number of piperazine rings is 1. The van der Waals surface area contributed by atoms with E-state index in [1.54, 1.807) is 7.05 Å². The highest BCUT2D eigenvalue weighted by molar-refractivity contribution is 5.91. The molecule has 3 amide bonds. The molecule has 1 aromatic carbocycles. The van der Waals surface area contributed by atoms with Crippen LogP contribution in [0.5, 0.6) is 0 Å². The summed E-state index contributed by atoms with van der Waals surface area (Å²) in [6.07, 6.45) is 2.92. The molecule has 0 aromatic heterocycles. The Morgan fingerprint density at radius 3 is 2.12 bits per heavy atom. The summed E-state index contributed by atoms with van der Waals surface area (Å²) in [5.74, 6) is 0.277. The second kappa shape index (κ2) is 7.66. The maximum absolute atomic E-state index is 13.3. The number of nitrogens with one attached hydrogen (secondary N) is 2. The summed E-state index contributed by atoms with van der Waals surface area (Å²) >= 11 is 0. The van der Waals surface area contributed by atoms with E-state index in [1.165, 1.54) is 0 Å². The Balaban J connectivity index is 1.70. The van der Waals surface area contributed by atoms with Crippen LogP contribution in [0.4, 0.5) is 10.5 Å². The van der Waals surface area contributed by atoms with Crippen LogP contribution >= 0.6 is 0 Å². The fourth-order valence-corrected chi connectivity index (χ4v) is 3.97. The molecule has 1 heterocycles. The van der Waals surface area contributed by atoms with E-state index < -0.39 is 0 Å². The van der Waals surface area contributed by atoms with Gasteiger partial charge in [0.2, 0.25) is 5.91 Å². The van der Waals surface area contributed by atoms with Crippen LogP contribution in [0.1, 0.15) is 38.7 Å². The molecular weight excluding hydrogens is 328 g/mol. The summed E-state index contributed by atoms with van der Waals surface area (Å²) in [4.78, 5) is 29.2. The van der Waals surface area contributed by atoms with Crippen LogP contribution < -0.4 is 10.6 Å². The summed E-state index contributed by atoms with van der Waals surface area (Å²) in [5, 5.41) is 5.30. The number of hydrogen-bond acceptors (Lipinski definition) is 3. The predicted molar refractivity (Wildman–Crippen MR) is 103 cm³/mol. The number of benzene rings is 1. The first kappa shape index (κ1) is 18.7. The molecule has 0 atom stereocenters. The summed E-state index contributed by atoms with van der Waals surface area (Å²) in [6, 6.07) is 8.04. The van der Waals surface area contributed by atoms with Crippen LogP contribution in [0.2, 0.25) is 0 Å². The molecule has 3 rings (SSSR count). The van der Waals surface area contributed by atoms with Gasteiger partial charge in [-0.2, -0.15) is 0 Å². The first-order valence-corrected chi connectivity index (χ1v) is 9.59. The lowest BCUT2D eigenvalue weighted by Crippen LogP contribution is -2.57. The number of rotatable bonds is 4. The molecule has 1 saturated heterocycles. The van der Waals surface area contributed by atoms with Crippen molar-refractivity contribution in [2.75, 3.05) is 38.5 Å². The second-order valence-corrected chi connectivity index (χ2v) is 7.64. The van der Waals surface area contributed by atoms with Gasteiger partial charge >= 0.3 is 6.03 Å². The van der Waals surface area contributed by atoms with Crippen molar-refractivity contribution in [2.45, 2.75) is 44.6 Å². The lowest BCUT2D eigenvalue weighted by Gasteiger charge is -2.46. The Kier molecular flexibility index (Phi) is 5.51. The minimum Gasteiger partial charge on any atom is -0.341 e. The molecule has 1 saturated carbocycles. The minimum absolute atomic E-state index is 0.241. The molecule has 26 heavy (non-hydrogen) atoms. The third-order valence-corrected chi connectivity index (χ3v) is 5.87. The van der Waals surface area contributed by atoms with E-state index in [0.717, 1.165) is 56.7 Å². The van der Waals surface area contributed by atoms with Crippen molar-refractivity contribution in [1.82, 2.24) is 15.1 Å². The fourth-order valence-electron chi connectivity index (χ4n) is 3.97. The van der Waals surface area contributed by atoms with Crippen molar-refractivity contribution in [1.29, 1.82) is 0 Å². The molecule has 1 aliphatic heterocycles. The molecule has 0 bridgehead atoms. The number of hydrogen-bond donors (Lipinski definition) is 2. The first-order valence-electron chi connectivity index (χ1n) is 9.59. The second-order valence-electron chi connectivity index (χ2n) is 7.64. The Labute approximate surface area is 155 Å². The van der Waals surface area contributed by atoms with E-state index in [1.807, 2.05) is 24.3 Å². The molecule has 2 fully saturated rings. The monoisotopic (exact) mass is 358 g/mol. The lowest BCUT2D eigenvalue weighted by molar-refractivity contribution is -0.143. The minimum atomic E-state index is -0.369. The first-order chi connectivity index (χ1) is 12.5. The van der Waals surface area contributed by atoms with Gasteiger partial charge in [-0.3, -0.25) is 9.69 Å². The molecule has 0 spiro atoms. The van der Waals surface area contributed by atoms with Gasteiger partial charge in [-0.15, -0.1) is 0 Å². The number of carbonyl (C=O) groups excluding carboxylic acids is 2. The van der Waals surface area contributed by atoms with Gasteiger partial charge in [-0.1, -0.05) is 18.6 Å². The fraction of sp³-hybridized carbons (Fsp3) is 0.600. The molecule has 1 aromatic rings. The summed E-state index contributed by atoms with van der Waals surface area (Å²) in [6.45, 7) is 7.95. The van der Waals surface area contributed by atoms with Crippen LogP contribution in [-0.2, 0) is 10.2 Å². The van der Waals surface area contributed by atoms with E-state index in [4.69, 9.17) is 0 Å². The van der Waals surface area contributed by atoms with E-state index in [2.05, 4.69) is 34.3 Å². The number of anilines is 1. The number of nitrogens with zero attached hydrogens (tertiary/aromatic N) is 2. The van der Waals surface area contributed by atoms with E-state index in [0.29, 0.717) is 6.04 Å². The van der Waals surface area contributed by atoms with E-state index in [-0.39, 0.29) is 17.4 Å². The summed E-state index contributed by atoms with van der Waals surface area (Å²) in [5.41, 5.74) is 1.44. The summed E-state index contributed by atoms with van der Waals surface area (Å²) in [7, 11) is 1.59. The van der Waals surface area contributed by atoms with Gasteiger partial charge in [0.15, 0.2) is 0 Å². The quantitative estimate of drug-likeness (QED) is 0.869. The van der Waals surface area contributed by atoms with Crippen molar-refractivity contribution < 1.29 is 9.59 Å². The van der Waals surface area contributed by atoms with Gasteiger partial charge in [0, 0.05) is 45.0 Å². The Bertz CT molecular complexity index is 644. The van der Waals surface area contributed by atoms with Gasteiger partial charge in [0.05, 0.1) is 5.41 Å². The van der Waals surface area contributed by atoms with E-state index >= 15 is 0 Å². The van der Waals surface area contributed by atoms with Crippen LogP contribution in [-0.4, -0.2) is 61.0 Å². The molecule has 6 nitrogen and oxygen atoms in total. The third-order valence-electron chi connectivity index (χ3n) is 5.87.